The van der Waals surface area contributed by atoms with E-state index >= 15 is 0 Å². The van der Waals surface area contributed by atoms with E-state index in [1.807, 2.05) is 153 Å². The van der Waals surface area contributed by atoms with Crippen molar-refractivity contribution in [3.05, 3.63) is 173 Å². The van der Waals surface area contributed by atoms with Crippen LogP contribution in [-0.4, -0.2) is 54.5 Å². The average Bonchev–Trinajstić information content (AvgIpc) is 3.17. The standard InChI is InChI=1S/C43H46O7S/c1-32-23-25-37(26-24-32)51-43(44)42(49-30-36-21-13-6-14-22-36)41(48-29-35-19-11-5-12-20-35)40(47-28-34-17-9-4-10-18-34)39(50-43)38(45-2)31-46-27-33-15-7-3-8-16-33/h3-26,38-42,44H,27-31H2,1-2H3/t38-,39+,40+,41-,42+,43-/m1/s1. The van der Waals surface area contributed by atoms with Gasteiger partial charge in [0.15, 0.2) is 6.10 Å². The third kappa shape index (κ3) is 10.4. The zero-order chi connectivity index (χ0) is 35.3. The molecule has 6 rings (SSSR count). The number of thioether (sulfide) groups is 1. The van der Waals surface area contributed by atoms with Crippen molar-refractivity contribution in [2.75, 3.05) is 13.7 Å². The first-order valence-corrected chi connectivity index (χ1v) is 18.1. The third-order valence-corrected chi connectivity index (χ3v) is 9.93. The van der Waals surface area contributed by atoms with Crippen molar-refractivity contribution in [3.8, 4) is 0 Å². The van der Waals surface area contributed by atoms with E-state index in [4.69, 9.17) is 28.4 Å². The normalized spacial score (nSPS) is 22.4. The van der Waals surface area contributed by atoms with Crippen molar-refractivity contribution < 1.29 is 33.5 Å². The molecule has 1 aliphatic rings. The molecule has 5 aromatic rings. The highest BCUT2D eigenvalue weighted by atomic mass is 32.2. The Labute approximate surface area is 305 Å². The molecule has 266 valence electrons. The molecule has 1 fully saturated rings. The predicted octanol–water partition coefficient (Wildman–Crippen LogP) is 8.12. The molecule has 0 aliphatic carbocycles. The molecule has 0 spiro atoms. The van der Waals surface area contributed by atoms with Gasteiger partial charge in [0, 0.05) is 12.0 Å². The van der Waals surface area contributed by atoms with Crippen LogP contribution in [0.2, 0.25) is 0 Å². The molecule has 7 nitrogen and oxygen atoms in total. The molecule has 5 aromatic carbocycles. The number of aliphatic hydroxyl groups is 1. The van der Waals surface area contributed by atoms with Crippen molar-refractivity contribution >= 4 is 11.8 Å². The monoisotopic (exact) mass is 706 g/mol. The number of methoxy groups -OCH3 is 1. The Balaban J connectivity index is 1.38. The van der Waals surface area contributed by atoms with E-state index in [0.29, 0.717) is 6.61 Å². The molecular weight excluding hydrogens is 661 g/mol. The van der Waals surface area contributed by atoms with E-state index in [1.165, 1.54) is 11.8 Å². The summed E-state index contributed by atoms with van der Waals surface area (Å²) in [5.41, 5.74) is 5.07. The van der Waals surface area contributed by atoms with E-state index in [-0.39, 0.29) is 26.4 Å². The SMILES string of the molecule is CO[C@H](COCc1ccccc1)[C@@H]1O[C@@](O)(Sc2ccc(C)cc2)[C@@H](OCc2ccccc2)[C@H](OCc2ccccc2)[C@H]1OCc1ccccc1. The summed E-state index contributed by atoms with van der Waals surface area (Å²) in [7, 11) is 1.62. The van der Waals surface area contributed by atoms with Crippen molar-refractivity contribution in [2.24, 2.45) is 0 Å². The Morgan fingerprint density at radius 2 is 1.06 bits per heavy atom. The predicted molar refractivity (Wildman–Crippen MR) is 199 cm³/mol. The quantitative estimate of drug-likeness (QED) is 0.0973. The Morgan fingerprint density at radius 3 is 1.55 bits per heavy atom. The number of rotatable bonds is 17. The molecular formula is C43H46O7S. The highest BCUT2D eigenvalue weighted by molar-refractivity contribution is 8.00. The van der Waals surface area contributed by atoms with Crippen LogP contribution in [0, 0.1) is 6.92 Å². The summed E-state index contributed by atoms with van der Waals surface area (Å²) in [6.07, 6.45) is -3.93. The van der Waals surface area contributed by atoms with Crippen molar-refractivity contribution in [1.82, 2.24) is 0 Å². The molecule has 0 unspecified atom stereocenters. The topological polar surface area (TPSA) is 75.6 Å². The van der Waals surface area contributed by atoms with Crippen LogP contribution in [0.1, 0.15) is 27.8 Å². The number of hydrogen-bond donors (Lipinski definition) is 1. The fourth-order valence-electron chi connectivity index (χ4n) is 6.07. The van der Waals surface area contributed by atoms with Crippen LogP contribution in [0.15, 0.2) is 150 Å². The van der Waals surface area contributed by atoms with Crippen molar-refractivity contribution in [2.45, 2.75) is 73.9 Å². The van der Waals surface area contributed by atoms with Gasteiger partial charge in [0.25, 0.3) is 5.12 Å². The first kappa shape index (κ1) is 36.9. The van der Waals surface area contributed by atoms with Crippen LogP contribution in [0.5, 0.6) is 0 Å². The summed E-state index contributed by atoms with van der Waals surface area (Å²) in [5, 5.41) is 10.9. The summed E-state index contributed by atoms with van der Waals surface area (Å²) in [4.78, 5) is 0.815. The second kappa shape index (κ2) is 18.6. The summed E-state index contributed by atoms with van der Waals surface area (Å²) in [5.74, 6) is 0. The van der Waals surface area contributed by atoms with Crippen LogP contribution >= 0.6 is 11.8 Å². The lowest BCUT2D eigenvalue weighted by Crippen LogP contribution is -2.67. The van der Waals surface area contributed by atoms with Crippen LogP contribution < -0.4 is 0 Å². The number of benzene rings is 5. The van der Waals surface area contributed by atoms with E-state index in [2.05, 4.69) is 0 Å². The van der Waals surface area contributed by atoms with Crippen molar-refractivity contribution in [3.63, 3.8) is 0 Å². The minimum absolute atomic E-state index is 0.188. The lowest BCUT2D eigenvalue weighted by molar-refractivity contribution is -0.342. The lowest BCUT2D eigenvalue weighted by Gasteiger charge is -2.51. The van der Waals surface area contributed by atoms with E-state index in [0.717, 1.165) is 32.7 Å². The fraction of sp³-hybridized carbons (Fsp3) is 0.302. The molecule has 0 radical (unpaired) electrons. The van der Waals surface area contributed by atoms with Gasteiger partial charge in [-0.25, -0.2) is 0 Å². The molecule has 0 bridgehead atoms. The molecule has 1 N–H and O–H groups in total. The smallest absolute Gasteiger partial charge is 0.250 e. The van der Waals surface area contributed by atoms with Gasteiger partial charge in [0.1, 0.15) is 24.4 Å². The van der Waals surface area contributed by atoms with Crippen LogP contribution in [-0.2, 0) is 54.8 Å². The van der Waals surface area contributed by atoms with E-state index in [1.54, 1.807) is 7.11 Å². The van der Waals surface area contributed by atoms with E-state index in [9.17, 15) is 5.11 Å². The first-order valence-electron chi connectivity index (χ1n) is 17.3. The lowest BCUT2D eigenvalue weighted by atomic mass is 9.94. The molecule has 0 amide bonds. The number of ether oxygens (including phenoxy) is 6. The Hall–Kier alpha value is -3.83. The van der Waals surface area contributed by atoms with E-state index < -0.39 is 35.6 Å². The maximum atomic E-state index is 12.8. The zero-order valence-corrected chi connectivity index (χ0v) is 29.9. The largest absolute Gasteiger partial charge is 0.376 e. The fourth-order valence-corrected chi connectivity index (χ4v) is 7.16. The second-order valence-electron chi connectivity index (χ2n) is 12.6. The molecule has 1 aliphatic heterocycles. The highest BCUT2D eigenvalue weighted by Gasteiger charge is 2.59. The average molecular weight is 707 g/mol. The number of aryl methyl sites for hydroxylation is 1. The van der Waals surface area contributed by atoms with Gasteiger partial charge in [-0.3, -0.25) is 0 Å². The van der Waals surface area contributed by atoms with Crippen molar-refractivity contribution in [1.29, 1.82) is 0 Å². The minimum Gasteiger partial charge on any atom is -0.376 e. The van der Waals surface area contributed by atoms with Gasteiger partial charge in [0.05, 0.1) is 33.0 Å². The molecule has 6 atom stereocenters. The van der Waals surface area contributed by atoms with Crippen LogP contribution in [0.25, 0.3) is 0 Å². The molecule has 0 saturated carbocycles. The van der Waals surface area contributed by atoms with Gasteiger partial charge >= 0.3 is 0 Å². The second-order valence-corrected chi connectivity index (χ2v) is 13.9. The Morgan fingerprint density at radius 1 is 0.608 bits per heavy atom. The van der Waals surface area contributed by atoms with Gasteiger partial charge in [-0.05, 0) is 41.3 Å². The summed E-state index contributed by atoms with van der Waals surface area (Å²) in [6.45, 7) is 3.38. The summed E-state index contributed by atoms with van der Waals surface area (Å²) < 4.78 is 39.4. The summed E-state index contributed by atoms with van der Waals surface area (Å²) in [6, 6.07) is 47.7. The van der Waals surface area contributed by atoms with Gasteiger partial charge in [-0.1, -0.05) is 151 Å². The Kier molecular flexibility index (Phi) is 13.5. The highest BCUT2D eigenvalue weighted by Crippen LogP contribution is 2.45. The van der Waals surface area contributed by atoms with Crippen LogP contribution in [0.3, 0.4) is 0 Å². The maximum absolute atomic E-state index is 12.8. The minimum atomic E-state index is -1.90. The first-order chi connectivity index (χ1) is 25.0. The third-order valence-electron chi connectivity index (χ3n) is 8.80. The molecule has 1 saturated heterocycles. The van der Waals surface area contributed by atoms with Gasteiger partial charge < -0.3 is 33.5 Å². The molecule has 51 heavy (non-hydrogen) atoms. The van der Waals surface area contributed by atoms with Crippen LogP contribution in [0.4, 0.5) is 0 Å². The van der Waals surface area contributed by atoms with Gasteiger partial charge in [-0.15, -0.1) is 0 Å². The van der Waals surface area contributed by atoms with Gasteiger partial charge in [0.2, 0.25) is 0 Å². The van der Waals surface area contributed by atoms with Gasteiger partial charge in [-0.2, -0.15) is 0 Å². The molecule has 8 heteroatoms. The Bertz CT molecular complexity index is 1710. The zero-order valence-electron chi connectivity index (χ0n) is 29.1. The summed E-state index contributed by atoms with van der Waals surface area (Å²) >= 11 is 1.19. The molecule has 0 aromatic heterocycles. The molecule has 1 heterocycles. The number of hydrogen-bond acceptors (Lipinski definition) is 8. The maximum Gasteiger partial charge on any atom is 0.250 e.